The molecule has 0 amide bonds. The minimum Gasteiger partial charge on any atom is -0.496 e. The second kappa shape index (κ2) is 6.43. The first kappa shape index (κ1) is 14.3. The van der Waals surface area contributed by atoms with Crippen molar-refractivity contribution in [2.24, 2.45) is 0 Å². The van der Waals surface area contributed by atoms with Crippen LogP contribution in [0.25, 0.3) is 0 Å². The minimum absolute atomic E-state index is 0.132. The molecule has 1 N–H and O–H groups in total. The summed E-state index contributed by atoms with van der Waals surface area (Å²) in [5, 5.41) is 0. The van der Waals surface area contributed by atoms with Crippen LogP contribution in [0.15, 0.2) is 55.1 Å². The standard InChI is InChI=1S/C18H19N3O/c1-13-6-5-8-15(18(13)22-2)16(17-11-19-12-21-17)10-14-7-3-4-9-20-14/h3-9,11-12,16H,10H2,1-2H3,(H,19,21)/t16-/m0/s1. The lowest BCUT2D eigenvalue weighted by Crippen LogP contribution is -2.09. The Morgan fingerprint density at radius 2 is 2.09 bits per heavy atom. The van der Waals surface area contributed by atoms with E-state index < -0.39 is 0 Å². The van der Waals surface area contributed by atoms with Crippen molar-refractivity contribution < 1.29 is 4.74 Å². The Balaban J connectivity index is 2.05. The zero-order valence-corrected chi connectivity index (χ0v) is 12.8. The van der Waals surface area contributed by atoms with Gasteiger partial charge in [0.15, 0.2) is 0 Å². The first-order valence-electron chi connectivity index (χ1n) is 7.31. The molecule has 0 unspecified atom stereocenters. The third kappa shape index (κ3) is 2.86. The predicted octanol–water partition coefficient (Wildman–Crippen LogP) is 3.50. The number of ether oxygens (including phenoxy) is 1. The van der Waals surface area contributed by atoms with Crippen LogP contribution < -0.4 is 4.74 Å². The molecule has 2 aromatic heterocycles. The summed E-state index contributed by atoms with van der Waals surface area (Å²) >= 11 is 0. The molecule has 0 aliphatic rings. The summed E-state index contributed by atoms with van der Waals surface area (Å²) in [5.74, 6) is 1.06. The highest BCUT2D eigenvalue weighted by Gasteiger charge is 2.21. The summed E-state index contributed by atoms with van der Waals surface area (Å²) in [6.45, 7) is 2.06. The quantitative estimate of drug-likeness (QED) is 0.783. The van der Waals surface area contributed by atoms with E-state index in [4.69, 9.17) is 4.74 Å². The molecule has 0 spiro atoms. The van der Waals surface area contributed by atoms with Crippen LogP contribution in [0.5, 0.6) is 5.75 Å². The number of pyridine rings is 1. The lowest BCUT2D eigenvalue weighted by Gasteiger charge is -2.20. The van der Waals surface area contributed by atoms with Gasteiger partial charge in [-0.05, 0) is 24.6 Å². The highest BCUT2D eigenvalue weighted by molar-refractivity contribution is 5.46. The van der Waals surface area contributed by atoms with E-state index >= 15 is 0 Å². The summed E-state index contributed by atoms with van der Waals surface area (Å²) < 4.78 is 5.64. The number of hydrogen-bond acceptors (Lipinski definition) is 3. The summed E-state index contributed by atoms with van der Waals surface area (Å²) in [7, 11) is 1.72. The van der Waals surface area contributed by atoms with Gasteiger partial charge in [-0.2, -0.15) is 0 Å². The van der Waals surface area contributed by atoms with Crippen molar-refractivity contribution in [1.29, 1.82) is 0 Å². The second-order valence-electron chi connectivity index (χ2n) is 5.28. The molecule has 0 radical (unpaired) electrons. The molecular formula is C18H19N3O. The summed E-state index contributed by atoms with van der Waals surface area (Å²) in [4.78, 5) is 11.9. The van der Waals surface area contributed by atoms with Gasteiger partial charge in [0.2, 0.25) is 0 Å². The van der Waals surface area contributed by atoms with Crippen molar-refractivity contribution in [2.75, 3.05) is 7.11 Å². The summed E-state index contributed by atoms with van der Waals surface area (Å²) in [6.07, 6.45) is 6.20. The van der Waals surface area contributed by atoms with Crippen LogP contribution in [0.1, 0.15) is 28.4 Å². The Bertz CT molecular complexity index is 723. The van der Waals surface area contributed by atoms with E-state index in [1.807, 2.05) is 30.6 Å². The van der Waals surface area contributed by atoms with Gasteiger partial charge in [-0.3, -0.25) is 4.98 Å². The maximum absolute atomic E-state index is 5.64. The van der Waals surface area contributed by atoms with Crippen molar-refractivity contribution in [2.45, 2.75) is 19.3 Å². The van der Waals surface area contributed by atoms with E-state index in [1.54, 1.807) is 13.4 Å². The van der Waals surface area contributed by atoms with E-state index in [0.717, 1.165) is 34.7 Å². The molecule has 4 heteroatoms. The topological polar surface area (TPSA) is 50.8 Å². The highest BCUT2D eigenvalue weighted by Crippen LogP contribution is 2.35. The molecule has 1 atom stereocenters. The molecule has 2 heterocycles. The maximum Gasteiger partial charge on any atom is 0.125 e. The molecule has 22 heavy (non-hydrogen) atoms. The molecule has 4 nitrogen and oxygen atoms in total. The van der Waals surface area contributed by atoms with Crippen LogP contribution in [0.3, 0.4) is 0 Å². The number of imidazole rings is 1. The average molecular weight is 293 g/mol. The van der Waals surface area contributed by atoms with Crippen LogP contribution in [0, 0.1) is 6.92 Å². The lowest BCUT2D eigenvalue weighted by molar-refractivity contribution is 0.404. The Labute approximate surface area is 130 Å². The first-order chi connectivity index (χ1) is 10.8. The molecule has 3 aromatic rings. The highest BCUT2D eigenvalue weighted by atomic mass is 16.5. The van der Waals surface area contributed by atoms with E-state index in [2.05, 4.69) is 40.1 Å². The molecule has 0 saturated heterocycles. The van der Waals surface area contributed by atoms with Crippen molar-refractivity contribution in [3.8, 4) is 5.75 Å². The van der Waals surface area contributed by atoms with Gasteiger partial charge in [-0.15, -0.1) is 0 Å². The largest absolute Gasteiger partial charge is 0.496 e. The SMILES string of the molecule is COc1c(C)cccc1[C@H](Cc1ccccn1)c1cnc[nH]1. The number of aromatic amines is 1. The predicted molar refractivity (Wildman–Crippen MR) is 86.1 cm³/mol. The van der Waals surface area contributed by atoms with Crippen molar-refractivity contribution in [3.63, 3.8) is 0 Å². The first-order valence-corrected chi connectivity index (χ1v) is 7.31. The zero-order valence-electron chi connectivity index (χ0n) is 12.8. The molecule has 0 aliphatic heterocycles. The molecular weight excluding hydrogens is 274 g/mol. The normalized spacial score (nSPS) is 12.1. The smallest absolute Gasteiger partial charge is 0.125 e. The van der Waals surface area contributed by atoms with Gasteiger partial charge in [0.1, 0.15) is 5.75 Å². The number of aromatic nitrogens is 3. The van der Waals surface area contributed by atoms with Crippen molar-refractivity contribution in [3.05, 3.63) is 77.6 Å². The Morgan fingerprint density at radius 3 is 2.77 bits per heavy atom. The molecule has 0 bridgehead atoms. The number of H-pyrrole nitrogens is 1. The number of rotatable bonds is 5. The van der Waals surface area contributed by atoms with Gasteiger partial charge in [0.05, 0.1) is 13.4 Å². The molecule has 3 rings (SSSR count). The number of nitrogens with zero attached hydrogens (tertiary/aromatic N) is 2. The third-order valence-electron chi connectivity index (χ3n) is 3.86. The zero-order chi connectivity index (χ0) is 15.4. The molecule has 0 saturated carbocycles. The van der Waals surface area contributed by atoms with Crippen molar-refractivity contribution >= 4 is 0 Å². The van der Waals surface area contributed by atoms with E-state index in [9.17, 15) is 0 Å². The monoisotopic (exact) mass is 293 g/mol. The van der Waals surface area contributed by atoms with Crippen LogP contribution in [-0.2, 0) is 6.42 Å². The van der Waals surface area contributed by atoms with Gasteiger partial charge in [0, 0.05) is 41.7 Å². The van der Waals surface area contributed by atoms with Gasteiger partial charge < -0.3 is 9.72 Å². The number of nitrogens with one attached hydrogen (secondary N) is 1. The Kier molecular flexibility index (Phi) is 4.19. The number of methoxy groups -OCH3 is 1. The minimum atomic E-state index is 0.132. The van der Waals surface area contributed by atoms with Crippen LogP contribution in [-0.4, -0.2) is 22.1 Å². The average Bonchev–Trinajstić information content (AvgIpc) is 3.07. The summed E-state index contributed by atoms with van der Waals surface area (Å²) in [6, 6.07) is 12.2. The van der Waals surface area contributed by atoms with Crippen molar-refractivity contribution in [1.82, 2.24) is 15.0 Å². The van der Waals surface area contributed by atoms with Crippen LogP contribution in [0.2, 0.25) is 0 Å². The number of hydrogen-bond donors (Lipinski definition) is 1. The fraction of sp³-hybridized carbons (Fsp3) is 0.222. The van der Waals surface area contributed by atoms with E-state index in [1.165, 1.54) is 0 Å². The number of aryl methyl sites for hydroxylation is 1. The number of para-hydroxylation sites is 1. The third-order valence-corrected chi connectivity index (χ3v) is 3.86. The van der Waals surface area contributed by atoms with Gasteiger partial charge in [-0.1, -0.05) is 24.3 Å². The molecule has 112 valence electrons. The fourth-order valence-corrected chi connectivity index (χ4v) is 2.80. The number of benzene rings is 1. The molecule has 0 fully saturated rings. The second-order valence-corrected chi connectivity index (χ2v) is 5.28. The maximum atomic E-state index is 5.64. The van der Waals surface area contributed by atoms with Crippen LogP contribution in [0.4, 0.5) is 0 Å². The Hall–Kier alpha value is -2.62. The summed E-state index contributed by atoms with van der Waals surface area (Å²) in [5.41, 5.74) is 4.39. The molecule has 0 aliphatic carbocycles. The van der Waals surface area contributed by atoms with Crippen LogP contribution >= 0.6 is 0 Å². The van der Waals surface area contributed by atoms with E-state index in [-0.39, 0.29) is 5.92 Å². The van der Waals surface area contributed by atoms with E-state index in [0.29, 0.717) is 0 Å². The molecule has 1 aromatic carbocycles. The van der Waals surface area contributed by atoms with Gasteiger partial charge in [0.25, 0.3) is 0 Å². The van der Waals surface area contributed by atoms with Gasteiger partial charge >= 0.3 is 0 Å². The fourth-order valence-electron chi connectivity index (χ4n) is 2.80. The van der Waals surface area contributed by atoms with Gasteiger partial charge in [-0.25, -0.2) is 4.98 Å². The lowest BCUT2D eigenvalue weighted by atomic mass is 9.89. The Morgan fingerprint density at radius 1 is 1.18 bits per heavy atom.